The monoisotopic (exact) mass is 610 g/mol. The van der Waals surface area contributed by atoms with Crippen LogP contribution in [0.4, 0.5) is 0 Å². The van der Waals surface area contributed by atoms with Crippen LogP contribution < -0.4 is 0 Å². The van der Waals surface area contributed by atoms with E-state index in [0.29, 0.717) is 11.1 Å². The number of hydrogen-bond donors (Lipinski definition) is 0. The molecular formula is C44H26N4. The van der Waals surface area contributed by atoms with Crippen molar-refractivity contribution in [2.24, 2.45) is 0 Å². The molecule has 0 saturated heterocycles. The zero-order chi connectivity index (χ0) is 32.2. The molecular weight excluding hydrogens is 585 g/mol. The molecule has 0 unspecified atom stereocenters. The van der Waals surface area contributed by atoms with Gasteiger partial charge in [-0.3, -0.25) is 0 Å². The van der Waals surface area contributed by atoms with Gasteiger partial charge in [-0.2, -0.15) is 10.5 Å². The third-order valence-electron chi connectivity index (χ3n) is 9.45. The number of benzene rings is 7. The molecule has 0 saturated carbocycles. The molecule has 4 heteroatoms. The van der Waals surface area contributed by atoms with Crippen molar-refractivity contribution >= 4 is 43.6 Å². The summed E-state index contributed by atoms with van der Waals surface area (Å²) in [6, 6.07) is 58.7. The predicted octanol–water partition coefficient (Wildman–Crippen LogP) is 11.0. The van der Waals surface area contributed by atoms with Gasteiger partial charge in [0.15, 0.2) is 0 Å². The molecule has 48 heavy (non-hydrogen) atoms. The molecule has 0 N–H and O–H groups in total. The molecule has 0 spiro atoms. The summed E-state index contributed by atoms with van der Waals surface area (Å²) in [4.78, 5) is 0. The standard InChI is InChI=1S/C44H26N4/c45-27-30-11-9-22-43(48-41-20-7-3-14-35(41)36-15-4-8-21-42(36)48)44(30)37-17-10-16-32(38(37)28-46)29-23-25-31(26-24-29)47-39-18-5-1-12-33(39)34-13-2-6-19-40(34)47/h1-26H. The van der Waals surface area contributed by atoms with Crippen molar-refractivity contribution < 1.29 is 0 Å². The lowest BCUT2D eigenvalue weighted by Crippen LogP contribution is -2.01. The van der Waals surface area contributed by atoms with Crippen LogP contribution in [0.5, 0.6) is 0 Å². The summed E-state index contributed by atoms with van der Waals surface area (Å²) in [5, 5.41) is 25.9. The lowest BCUT2D eigenvalue weighted by Gasteiger charge is -2.18. The van der Waals surface area contributed by atoms with Crippen LogP contribution in [-0.4, -0.2) is 9.13 Å². The van der Waals surface area contributed by atoms with Crippen molar-refractivity contribution in [3.63, 3.8) is 0 Å². The minimum atomic E-state index is 0.518. The van der Waals surface area contributed by atoms with Crippen molar-refractivity contribution in [3.05, 3.63) is 169 Å². The fourth-order valence-electron chi connectivity index (χ4n) is 7.40. The minimum absolute atomic E-state index is 0.518. The van der Waals surface area contributed by atoms with Crippen molar-refractivity contribution in [3.8, 4) is 45.8 Å². The zero-order valence-corrected chi connectivity index (χ0v) is 25.8. The van der Waals surface area contributed by atoms with Gasteiger partial charge in [-0.1, -0.05) is 109 Å². The van der Waals surface area contributed by atoms with Crippen LogP contribution in [0, 0.1) is 22.7 Å². The molecule has 0 radical (unpaired) electrons. The van der Waals surface area contributed by atoms with E-state index in [1.54, 1.807) is 0 Å². The molecule has 222 valence electrons. The Labute approximate surface area is 277 Å². The third kappa shape index (κ3) is 4.01. The van der Waals surface area contributed by atoms with E-state index in [2.05, 4.69) is 130 Å². The van der Waals surface area contributed by atoms with E-state index in [1.807, 2.05) is 48.5 Å². The summed E-state index contributed by atoms with van der Waals surface area (Å²) < 4.78 is 4.51. The van der Waals surface area contributed by atoms with E-state index in [4.69, 9.17) is 0 Å². The fourth-order valence-corrected chi connectivity index (χ4v) is 7.40. The highest BCUT2D eigenvalue weighted by atomic mass is 15.0. The Morgan fingerprint density at radius 1 is 0.396 bits per heavy atom. The van der Waals surface area contributed by atoms with Crippen LogP contribution in [0.1, 0.15) is 11.1 Å². The summed E-state index contributed by atoms with van der Waals surface area (Å²) in [5.41, 5.74) is 10.6. The van der Waals surface area contributed by atoms with Gasteiger partial charge in [0.2, 0.25) is 0 Å². The Morgan fingerprint density at radius 3 is 1.40 bits per heavy atom. The summed E-state index contributed by atoms with van der Waals surface area (Å²) >= 11 is 0. The first-order chi connectivity index (χ1) is 23.8. The maximum absolute atomic E-state index is 10.7. The predicted molar refractivity (Wildman–Crippen MR) is 195 cm³/mol. The van der Waals surface area contributed by atoms with E-state index in [9.17, 15) is 10.5 Å². The first-order valence-electron chi connectivity index (χ1n) is 15.9. The Bertz CT molecular complexity index is 2690. The number of aromatic nitrogens is 2. The smallest absolute Gasteiger partial charge is 0.100 e. The van der Waals surface area contributed by atoms with Crippen LogP contribution in [0.25, 0.3) is 77.2 Å². The molecule has 9 aromatic rings. The average Bonchev–Trinajstić information content (AvgIpc) is 3.67. The number of fused-ring (bicyclic) bond motifs is 6. The van der Waals surface area contributed by atoms with E-state index in [-0.39, 0.29) is 0 Å². The molecule has 0 aliphatic carbocycles. The van der Waals surface area contributed by atoms with Crippen LogP contribution in [-0.2, 0) is 0 Å². The summed E-state index contributed by atoms with van der Waals surface area (Å²) in [5.74, 6) is 0. The zero-order valence-electron chi connectivity index (χ0n) is 25.8. The molecule has 0 amide bonds. The van der Waals surface area contributed by atoms with Gasteiger partial charge in [-0.05, 0) is 54.1 Å². The lowest BCUT2D eigenvalue weighted by atomic mass is 9.89. The highest BCUT2D eigenvalue weighted by Gasteiger charge is 2.21. The van der Waals surface area contributed by atoms with Crippen LogP contribution in [0.2, 0.25) is 0 Å². The normalized spacial score (nSPS) is 11.3. The molecule has 4 nitrogen and oxygen atoms in total. The fraction of sp³-hybridized carbons (Fsp3) is 0. The van der Waals surface area contributed by atoms with Crippen molar-refractivity contribution in [2.45, 2.75) is 0 Å². The van der Waals surface area contributed by atoms with E-state index in [0.717, 1.165) is 66.5 Å². The topological polar surface area (TPSA) is 57.4 Å². The summed E-state index contributed by atoms with van der Waals surface area (Å²) in [6.07, 6.45) is 0. The average molecular weight is 611 g/mol. The highest BCUT2D eigenvalue weighted by molar-refractivity contribution is 6.10. The van der Waals surface area contributed by atoms with Gasteiger partial charge in [0.05, 0.1) is 45.0 Å². The second kappa shape index (κ2) is 10.9. The summed E-state index contributed by atoms with van der Waals surface area (Å²) in [6.45, 7) is 0. The quantitative estimate of drug-likeness (QED) is 0.199. The number of para-hydroxylation sites is 4. The van der Waals surface area contributed by atoms with E-state index < -0.39 is 0 Å². The SMILES string of the molecule is N#Cc1cccc(-n2c3ccccc3c3ccccc32)c1-c1cccc(-c2ccc(-n3c4ccccc4c4ccccc43)cc2)c1C#N. The van der Waals surface area contributed by atoms with Gasteiger partial charge in [-0.25, -0.2) is 0 Å². The third-order valence-corrected chi connectivity index (χ3v) is 9.45. The Balaban J connectivity index is 1.23. The largest absolute Gasteiger partial charge is 0.309 e. The van der Waals surface area contributed by atoms with Gasteiger partial charge in [0, 0.05) is 43.9 Å². The number of rotatable bonds is 4. The van der Waals surface area contributed by atoms with Crippen LogP contribution >= 0.6 is 0 Å². The van der Waals surface area contributed by atoms with E-state index in [1.165, 1.54) is 10.8 Å². The molecule has 0 aliphatic heterocycles. The molecule has 0 atom stereocenters. The molecule has 0 fully saturated rings. The Hall–Kier alpha value is -6.88. The van der Waals surface area contributed by atoms with E-state index >= 15 is 0 Å². The number of hydrogen-bond acceptors (Lipinski definition) is 2. The Morgan fingerprint density at radius 2 is 0.875 bits per heavy atom. The second-order valence-corrected chi connectivity index (χ2v) is 11.9. The van der Waals surface area contributed by atoms with Crippen molar-refractivity contribution in [1.82, 2.24) is 9.13 Å². The van der Waals surface area contributed by atoms with Gasteiger partial charge >= 0.3 is 0 Å². The number of nitrogens with zero attached hydrogens (tertiary/aromatic N) is 4. The van der Waals surface area contributed by atoms with Gasteiger partial charge < -0.3 is 9.13 Å². The number of nitriles is 2. The first-order valence-corrected chi connectivity index (χ1v) is 15.9. The Kier molecular flexibility index (Phi) is 6.22. The maximum Gasteiger partial charge on any atom is 0.100 e. The molecule has 0 bridgehead atoms. The molecule has 2 heterocycles. The van der Waals surface area contributed by atoms with Crippen LogP contribution in [0.15, 0.2) is 158 Å². The minimum Gasteiger partial charge on any atom is -0.309 e. The van der Waals surface area contributed by atoms with Gasteiger partial charge in [0.25, 0.3) is 0 Å². The molecule has 0 aliphatic rings. The maximum atomic E-state index is 10.7. The second-order valence-electron chi connectivity index (χ2n) is 11.9. The van der Waals surface area contributed by atoms with Crippen molar-refractivity contribution in [1.29, 1.82) is 10.5 Å². The molecule has 9 rings (SSSR count). The molecule has 2 aromatic heterocycles. The molecule has 7 aromatic carbocycles. The summed E-state index contributed by atoms with van der Waals surface area (Å²) in [7, 11) is 0. The van der Waals surface area contributed by atoms with Crippen LogP contribution in [0.3, 0.4) is 0 Å². The van der Waals surface area contributed by atoms with Gasteiger partial charge in [0.1, 0.15) is 6.07 Å². The van der Waals surface area contributed by atoms with Gasteiger partial charge in [-0.15, -0.1) is 0 Å². The lowest BCUT2D eigenvalue weighted by molar-refractivity contribution is 1.18. The first kappa shape index (κ1) is 27.4. The highest BCUT2D eigenvalue weighted by Crippen LogP contribution is 2.41. The van der Waals surface area contributed by atoms with Crippen molar-refractivity contribution in [2.75, 3.05) is 0 Å².